The lowest BCUT2D eigenvalue weighted by Gasteiger charge is -2.10. The molecule has 0 amide bonds. The van der Waals surface area contributed by atoms with E-state index in [1.807, 2.05) is 0 Å². The summed E-state index contributed by atoms with van der Waals surface area (Å²) in [5.74, 6) is -1.25. The number of alkyl halides is 3. The van der Waals surface area contributed by atoms with Gasteiger partial charge in [0.1, 0.15) is 0 Å². The van der Waals surface area contributed by atoms with Crippen LogP contribution in [0.5, 0.6) is 0 Å². The first-order chi connectivity index (χ1) is 7.47. The standard InChI is InChI=1S/C9H8BrF2NO3/c10-2-5-4(1-7(14)15)6(8(11)12)3-13-9(5)16/h3,8H,1-2H2,(H,13,16)(H,14,15). The Morgan fingerprint density at radius 3 is 2.56 bits per heavy atom. The topological polar surface area (TPSA) is 70.2 Å². The molecule has 2 N–H and O–H groups in total. The maximum atomic E-state index is 12.6. The predicted molar refractivity (Wildman–Crippen MR) is 56.0 cm³/mol. The Kier molecular flexibility index (Phi) is 4.17. The van der Waals surface area contributed by atoms with Crippen LogP contribution < -0.4 is 5.56 Å². The lowest BCUT2D eigenvalue weighted by molar-refractivity contribution is -0.136. The molecule has 7 heteroatoms. The summed E-state index contributed by atoms with van der Waals surface area (Å²) < 4.78 is 25.2. The Morgan fingerprint density at radius 1 is 1.50 bits per heavy atom. The second-order valence-electron chi connectivity index (χ2n) is 3.04. The molecule has 0 aliphatic rings. The van der Waals surface area contributed by atoms with E-state index in [9.17, 15) is 18.4 Å². The van der Waals surface area contributed by atoms with Crippen molar-refractivity contribution in [1.82, 2.24) is 4.98 Å². The Hall–Kier alpha value is -1.24. The zero-order valence-electron chi connectivity index (χ0n) is 7.97. The lowest BCUT2D eigenvalue weighted by atomic mass is 10.0. The highest BCUT2D eigenvalue weighted by molar-refractivity contribution is 9.08. The van der Waals surface area contributed by atoms with Crippen LogP contribution in [0.15, 0.2) is 11.0 Å². The van der Waals surface area contributed by atoms with Gasteiger partial charge >= 0.3 is 5.97 Å². The minimum atomic E-state index is -2.82. The normalized spacial score (nSPS) is 10.8. The second-order valence-corrected chi connectivity index (χ2v) is 3.60. The van der Waals surface area contributed by atoms with Gasteiger partial charge in [0.2, 0.25) is 0 Å². The van der Waals surface area contributed by atoms with Crippen molar-refractivity contribution in [3.8, 4) is 0 Å². The molecule has 1 aromatic rings. The Bertz CT molecular complexity index is 459. The number of carboxylic acid groups (broad SMARTS) is 1. The molecule has 88 valence electrons. The fraction of sp³-hybridized carbons (Fsp3) is 0.333. The van der Waals surface area contributed by atoms with Crippen LogP contribution in [0, 0.1) is 0 Å². The van der Waals surface area contributed by atoms with E-state index >= 15 is 0 Å². The summed E-state index contributed by atoms with van der Waals surface area (Å²) in [6.07, 6.45) is -2.55. The van der Waals surface area contributed by atoms with Crippen LogP contribution in [0.4, 0.5) is 8.78 Å². The van der Waals surface area contributed by atoms with Gasteiger partial charge in [0.25, 0.3) is 12.0 Å². The lowest BCUT2D eigenvalue weighted by Crippen LogP contribution is -2.18. The van der Waals surface area contributed by atoms with Gasteiger partial charge < -0.3 is 10.1 Å². The van der Waals surface area contributed by atoms with Crippen molar-refractivity contribution in [3.05, 3.63) is 33.2 Å². The largest absolute Gasteiger partial charge is 0.481 e. The van der Waals surface area contributed by atoms with Crippen LogP contribution >= 0.6 is 15.9 Å². The second kappa shape index (κ2) is 5.20. The number of carbonyl (C=O) groups is 1. The Morgan fingerprint density at radius 2 is 2.12 bits per heavy atom. The van der Waals surface area contributed by atoms with Crippen molar-refractivity contribution in [2.24, 2.45) is 0 Å². The van der Waals surface area contributed by atoms with Gasteiger partial charge in [0.05, 0.1) is 6.42 Å². The number of H-pyrrole nitrogens is 1. The van der Waals surface area contributed by atoms with Crippen LogP contribution in [-0.4, -0.2) is 16.1 Å². The number of rotatable bonds is 4. The van der Waals surface area contributed by atoms with Gasteiger partial charge in [0.15, 0.2) is 0 Å². The maximum absolute atomic E-state index is 12.6. The molecule has 0 unspecified atom stereocenters. The number of aromatic nitrogens is 1. The molecule has 0 aliphatic carbocycles. The molecule has 16 heavy (non-hydrogen) atoms. The summed E-state index contributed by atoms with van der Waals surface area (Å²) in [4.78, 5) is 24.0. The van der Waals surface area contributed by atoms with E-state index in [-0.39, 0.29) is 16.5 Å². The number of carboxylic acids is 1. The number of hydrogen-bond acceptors (Lipinski definition) is 2. The summed E-state index contributed by atoms with van der Waals surface area (Å²) in [6, 6.07) is 0. The van der Waals surface area contributed by atoms with E-state index in [0.717, 1.165) is 6.20 Å². The van der Waals surface area contributed by atoms with Crippen molar-refractivity contribution in [1.29, 1.82) is 0 Å². The number of pyridine rings is 1. The highest BCUT2D eigenvalue weighted by Gasteiger charge is 2.20. The summed E-state index contributed by atoms with van der Waals surface area (Å²) in [5.41, 5.74) is -1.10. The van der Waals surface area contributed by atoms with Gasteiger partial charge in [0, 0.05) is 22.7 Å². The molecule has 0 aromatic carbocycles. The highest BCUT2D eigenvalue weighted by Crippen LogP contribution is 2.24. The van der Waals surface area contributed by atoms with Gasteiger partial charge in [-0.1, -0.05) is 15.9 Å². The van der Waals surface area contributed by atoms with Crippen LogP contribution in [-0.2, 0) is 16.5 Å². The van der Waals surface area contributed by atoms with E-state index in [1.165, 1.54) is 0 Å². The fourth-order valence-corrected chi connectivity index (χ4v) is 1.92. The quantitative estimate of drug-likeness (QED) is 0.833. The molecular formula is C9H8BrF2NO3. The highest BCUT2D eigenvalue weighted by atomic mass is 79.9. The number of aliphatic carboxylic acids is 1. The van der Waals surface area contributed by atoms with E-state index in [2.05, 4.69) is 20.9 Å². The first-order valence-electron chi connectivity index (χ1n) is 4.26. The zero-order chi connectivity index (χ0) is 12.3. The molecule has 0 radical (unpaired) electrons. The van der Waals surface area contributed by atoms with E-state index in [4.69, 9.17) is 5.11 Å². The SMILES string of the molecule is O=C(O)Cc1c(C(F)F)c[nH]c(=O)c1CBr. The number of hydrogen-bond donors (Lipinski definition) is 2. The Labute approximate surface area is 97.4 Å². The molecule has 0 saturated carbocycles. The number of nitrogens with one attached hydrogen (secondary N) is 1. The van der Waals surface area contributed by atoms with Gasteiger partial charge in [-0.25, -0.2) is 8.78 Å². The van der Waals surface area contributed by atoms with E-state index in [0.29, 0.717) is 0 Å². The minimum absolute atomic E-state index is 0.0280. The van der Waals surface area contributed by atoms with Crippen molar-refractivity contribution >= 4 is 21.9 Å². The van der Waals surface area contributed by atoms with Crippen LogP contribution in [0.3, 0.4) is 0 Å². The molecule has 0 aliphatic heterocycles. The Balaban J connectivity index is 3.40. The van der Waals surface area contributed by atoms with Gasteiger partial charge in [-0.05, 0) is 5.56 Å². The monoisotopic (exact) mass is 295 g/mol. The van der Waals surface area contributed by atoms with Gasteiger partial charge in [-0.2, -0.15) is 0 Å². The maximum Gasteiger partial charge on any atom is 0.307 e. The molecule has 4 nitrogen and oxygen atoms in total. The fourth-order valence-electron chi connectivity index (χ4n) is 1.32. The summed E-state index contributed by atoms with van der Waals surface area (Å²) in [6.45, 7) is 0. The summed E-state index contributed by atoms with van der Waals surface area (Å²) >= 11 is 2.97. The van der Waals surface area contributed by atoms with Crippen molar-refractivity contribution < 1.29 is 18.7 Å². The predicted octanol–water partition coefficient (Wildman–Crippen LogP) is 1.83. The first-order valence-corrected chi connectivity index (χ1v) is 5.38. The van der Waals surface area contributed by atoms with Crippen molar-refractivity contribution in [2.45, 2.75) is 18.2 Å². The molecule has 1 rings (SSSR count). The molecule has 0 saturated heterocycles. The zero-order valence-corrected chi connectivity index (χ0v) is 9.55. The molecule has 1 aromatic heterocycles. The summed E-state index contributed by atoms with van der Waals surface area (Å²) in [5, 5.41) is 8.64. The average Bonchev–Trinajstić information content (AvgIpc) is 2.16. The first kappa shape index (κ1) is 12.8. The summed E-state index contributed by atoms with van der Waals surface area (Å²) in [7, 11) is 0. The molecule has 0 bridgehead atoms. The van der Waals surface area contributed by atoms with E-state index < -0.39 is 29.9 Å². The molecule has 0 spiro atoms. The molecule has 1 heterocycles. The molecular weight excluding hydrogens is 288 g/mol. The van der Waals surface area contributed by atoms with Gasteiger partial charge in [-0.15, -0.1) is 0 Å². The van der Waals surface area contributed by atoms with Crippen LogP contribution in [0.1, 0.15) is 23.1 Å². The molecule has 0 fully saturated rings. The third kappa shape index (κ3) is 2.66. The van der Waals surface area contributed by atoms with Gasteiger partial charge in [-0.3, -0.25) is 9.59 Å². The van der Waals surface area contributed by atoms with Crippen LogP contribution in [0.25, 0.3) is 0 Å². The van der Waals surface area contributed by atoms with E-state index in [1.54, 1.807) is 0 Å². The van der Waals surface area contributed by atoms with Crippen molar-refractivity contribution in [2.75, 3.05) is 0 Å². The molecule has 0 atom stereocenters. The van der Waals surface area contributed by atoms with Crippen molar-refractivity contribution in [3.63, 3.8) is 0 Å². The number of halogens is 3. The average molecular weight is 296 g/mol. The number of aromatic amines is 1. The smallest absolute Gasteiger partial charge is 0.307 e. The third-order valence-corrected chi connectivity index (χ3v) is 2.60. The van der Waals surface area contributed by atoms with Crippen LogP contribution in [0.2, 0.25) is 0 Å². The third-order valence-electron chi connectivity index (χ3n) is 2.04. The minimum Gasteiger partial charge on any atom is -0.481 e.